The summed E-state index contributed by atoms with van der Waals surface area (Å²) in [6.45, 7) is 3.64. The van der Waals surface area contributed by atoms with Gasteiger partial charge in [-0.15, -0.1) is 0 Å². The molecule has 0 radical (unpaired) electrons. The van der Waals surface area contributed by atoms with Gasteiger partial charge in [-0.2, -0.15) is 0 Å². The third-order valence-corrected chi connectivity index (χ3v) is 1.90. The van der Waals surface area contributed by atoms with E-state index in [-0.39, 0.29) is 18.0 Å². The SMILES string of the molecule is CC(N[C@H](C)c1ccco1)C(N)=O. The van der Waals surface area contributed by atoms with Gasteiger partial charge >= 0.3 is 0 Å². The lowest BCUT2D eigenvalue weighted by atomic mass is 10.2. The molecule has 2 atom stereocenters. The Labute approximate surface area is 77.1 Å². The number of rotatable bonds is 4. The minimum Gasteiger partial charge on any atom is -0.468 e. The molecule has 1 unspecified atom stereocenters. The molecule has 1 amide bonds. The predicted molar refractivity (Wildman–Crippen MR) is 48.9 cm³/mol. The van der Waals surface area contributed by atoms with Crippen LogP contribution in [0.4, 0.5) is 0 Å². The van der Waals surface area contributed by atoms with Gasteiger partial charge in [-0.1, -0.05) is 0 Å². The van der Waals surface area contributed by atoms with Gasteiger partial charge in [0.1, 0.15) is 5.76 Å². The van der Waals surface area contributed by atoms with E-state index in [0.29, 0.717) is 0 Å². The van der Waals surface area contributed by atoms with Crippen molar-refractivity contribution in [3.05, 3.63) is 24.2 Å². The van der Waals surface area contributed by atoms with Gasteiger partial charge < -0.3 is 10.2 Å². The van der Waals surface area contributed by atoms with Crippen LogP contribution in [0.2, 0.25) is 0 Å². The number of primary amides is 1. The van der Waals surface area contributed by atoms with Crippen LogP contribution in [-0.2, 0) is 4.79 Å². The van der Waals surface area contributed by atoms with Crippen LogP contribution in [0.15, 0.2) is 22.8 Å². The molecular weight excluding hydrogens is 168 g/mol. The molecular formula is C9H14N2O2. The Morgan fingerprint density at radius 2 is 2.31 bits per heavy atom. The van der Waals surface area contributed by atoms with Crippen molar-refractivity contribution in [1.82, 2.24) is 5.32 Å². The first kappa shape index (κ1) is 9.80. The Bertz CT molecular complexity index is 269. The maximum absolute atomic E-state index is 10.7. The summed E-state index contributed by atoms with van der Waals surface area (Å²) in [5.74, 6) is 0.437. The lowest BCUT2D eigenvalue weighted by Crippen LogP contribution is -2.39. The molecule has 4 nitrogen and oxygen atoms in total. The fourth-order valence-electron chi connectivity index (χ4n) is 1.08. The van der Waals surface area contributed by atoms with Gasteiger partial charge in [0.15, 0.2) is 0 Å². The second kappa shape index (κ2) is 4.09. The zero-order valence-electron chi connectivity index (χ0n) is 7.78. The lowest BCUT2D eigenvalue weighted by molar-refractivity contribution is -0.119. The van der Waals surface area contributed by atoms with Gasteiger partial charge in [0.05, 0.1) is 18.3 Å². The molecule has 1 aromatic heterocycles. The number of furan rings is 1. The van der Waals surface area contributed by atoms with E-state index in [1.807, 2.05) is 19.1 Å². The molecule has 0 aromatic carbocycles. The smallest absolute Gasteiger partial charge is 0.234 e. The molecule has 0 saturated heterocycles. The summed E-state index contributed by atoms with van der Waals surface area (Å²) >= 11 is 0. The highest BCUT2D eigenvalue weighted by Gasteiger charge is 2.14. The number of nitrogens with one attached hydrogen (secondary N) is 1. The minimum atomic E-state index is -0.363. The van der Waals surface area contributed by atoms with Gasteiger partial charge in [0.25, 0.3) is 0 Å². The average Bonchev–Trinajstić information content (AvgIpc) is 2.55. The molecule has 0 bridgehead atoms. The van der Waals surface area contributed by atoms with Gasteiger partial charge in [0.2, 0.25) is 5.91 Å². The normalized spacial score (nSPS) is 15.2. The van der Waals surface area contributed by atoms with Crippen LogP contribution < -0.4 is 11.1 Å². The Kier molecular flexibility index (Phi) is 3.08. The lowest BCUT2D eigenvalue weighted by Gasteiger charge is -2.15. The van der Waals surface area contributed by atoms with E-state index in [1.54, 1.807) is 13.2 Å². The van der Waals surface area contributed by atoms with Crippen molar-refractivity contribution in [2.24, 2.45) is 5.73 Å². The zero-order chi connectivity index (χ0) is 9.84. The molecule has 0 saturated carbocycles. The van der Waals surface area contributed by atoms with E-state index in [0.717, 1.165) is 5.76 Å². The Hall–Kier alpha value is -1.29. The standard InChI is InChI=1S/C9H14N2O2/c1-6(8-4-3-5-13-8)11-7(2)9(10)12/h3-7,11H,1-2H3,(H2,10,12)/t6-,7?/m1/s1. The second-order valence-electron chi connectivity index (χ2n) is 3.03. The topological polar surface area (TPSA) is 68.3 Å². The van der Waals surface area contributed by atoms with Crippen molar-refractivity contribution < 1.29 is 9.21 Å². The summed E-state index contributed by atoms with van der Waals surface area (Å²) < 4.78 is 5.16. The van der Waals surface area contributed by atoms with Crippen molar-refractivity contribution in [2.45, 2.75) is 25.9 Å². The van der Waals surface area contributed by atoms with Gasteiger partial charge in [-0.05, 0) is 26.0 Å². The molecule has 0 spiro atoms. The summed E-state index contributed by atoms with van der Waals surface area (Å²) in [6, 6.07) is 3.31. The molecule has 3 N–H and O–H groups in total. The first-order valence-electron chi connectivity index (χ1n) is 4.20. The van der Waals surface area contributed by atoms with Crippen LogP contribution in [0.5, 0.6) is 0 Å². The summed E-state index contributed by atoms with van der Waals surface area (Å²) in [7, 11) is 0. The maximum Gasteiger partial charge on any atom is 0.234 e. The molecule has 1 heterocycles. The van der Waals surface area contributed by atoms with E-state index in [2.05, 4.69) is 5.32 Å². The van der Waals surface area contributed by atoms with Crippen molar-refractivity contribution in [3.8, 4) is 0 Å². The van der Waals surface area contributed by atoms with E-state index in [4.69, 9.17) is 10.2 Å². The largest absolute Gasteiger partial charge is 0.468 e. The average molecular weight is 182 g/mol. The van der Waals surface area contributed by atoms with Gasteiger partial charge in [-0.25, -0.2) is 0 Å². The van der Waals surface area contributed by atoms with E-state index in [1.165, 1.54) is 0 Å². The highest BCUT2D eigenvalue weighted by Crippen LogP contribution is 2.12. The first-order valence-corrected chi connectivity index (χ1v) is 4.20. The third-order valence-electron chi connectivity index (χ3n) is 1.90. The minimum absolute atomic E-state index is 0.00231. The Morgan fingerprint density at radius 1 is 1.62 bits per heavy atom. The monoisotopic (exact) mass is 182 g/mol. The number of amides is 1. The van der Waals surface area contributed by atoms with Crippen LogP contribution in [0, 0.1) is 0 Å². The zero-order valence-corrected chi connectivity index (χ0v) is 7.78. The summed E-state index contributed by atoms with van der Waals surface area (Å²) in [4.78, 5) is 10.7. The summed E-state index contributed by atoms with van der Waals surface area (Å²) in [5, 5.41) is 3.01. The number of carbonyl (C=O) groups excluding carboxylic acids is 1. The Balaban J connectivity index is 2.51. The number of nitrogens with two attached hydrogens (primary N) is 1. The van der Waals surface area contributed by atoms with Crippen molar-refractivity contribution >= 4 is 5.91 Å². The number of hydrogen-bond acceptors (Lipinski definition) is 3. The Morgan fingerprint density at radius 3 is 2.77 bits per heavy atom. The quantitative estimate of drug-likeness (QED) is 0.723. The molecule has 0 fully saturated rings. The van der Waals surface area contributed by atoms with Crippen LogP contribution in [-0.4, -0.2) is 11.9 Å². The summed E-state index contributed by atoms with van der Waals surface area (Å²) in [6.07, 6.45) is 1.60. The van der Waals surface area contributed by atoms with Crippen LogP contribution in [0.1, 0.15) is 25.6 Å². The molecule has 1 rings (SSSR count). The third kappa shape index (κ3) is 2.59. The van der Waals surface area contributed by atoms with Crippen molar-refractivity contribution in [2.75, 3.05) is 0 Å². The highest BCUT2D eigenvalue weighted by molar-refractivity contribution is 5.79. The van der Waals surface area contributed by atoms with E-state index in [9.17, 15) is 4.79 Å². The molecule has 4 heteroatoms. The van der Waals surface area contributed by atoms with Gasteiger partial charge in [0, 0.05) is 0 Å². The van der Waals surface area contributed by atoms with Crippen LogP contribution >= 0.6 is 0 Å². The highest BCUT2D eigenvalue weighted by atomic mass is 16.3. The van der Waals surface area contributed by atoms with Crippen molar-refractivity contribution in [1.29, 1.82) is 0 Å². The number of carbonyl (C=O) groups is 1. The van der Waals surface area contributed by atoms with Crippen LogP contribution in [0.25, 0.3) is 0 Å². The fraction of sp³-hybridized carbons (Fsp3) is 0.444. The summed E-state index contributed by atoms with van der Waals surface area (Å²) in [5.41, 5.74) is 5.11. The number of hydrogen-bond donors (Lipinski definition) is 2. The van der Waals surface area contributed by atoms with Crippen LogP contribution in [0.3, 0.4) is 0 Å². The molecule has 0 aliphatic rings. The molecule has 72 valence electrons. The van der Waals surface area contributed by atoms with Crippen molar-refractivity contribution in [3.63, 3.8) is 0 Å². The first-order chi connectivity index (χ1) is 6.11. The predicted octanol–water partition coefficient (Wildman–Crippen LogP) is 0.804. The second-order valence-corrected chi connectivity index (χ2v) is 3.03. The molecule has 0 aliphatic heterocycles. The maximum atomic E-state index is 10.7. The molecule has 1 aromatic rings. The fourth-order valence-corrected chi connectivity index (χ4v) is 1.08. The molecule has 13 heavy (non-hydrogen) atoms. The van der Waals surface area contributed by atoms with Gasteiger partial charge in [-0.3, -0.25) is 10.1 Å². The molecule has 0 aliphatic carbocycles. The van der Waals surface area contributed by atoms with E-state index >= 15 is 0 Å². The van der Waals surface area contributed by atoms with E-state index < -0.39 is 0 Å².